The molecule has 0 radical (unpaired) electrons. The molecule has 30 heavy (non-hydrogen) atoms. The van der Waals surface area contributed by atoms with Gasteiger partial charge in [-0.15, -0.1) is 0 Å². The molecule has 0 heterocycles. The van der Waals surface area contributed by atoms with Crippen LogP contribution in [0.5, 0.6) is 5.75 Å². The zero-order chi connectivity index (χ0) is 22.1. The van der Waals surface area contributed by atoms with Crippen LogP contribution >= 0.6 is 0 Å². The number of carbonyl (C=O) groups excluding carboxylic acids is 3. The lowest BCUT2D eigenvalue weighted by atomic mass is 10.1. The number of hydrazine groups is 1. The number of anilines is 1. The maximum Gasteiger partial charge on any atom is 0.279 e. The van der Waals surface area contributed by atoms with Crippen molar-refractivity contribution in [3.05, 3.63) is 59.2 Å². The van der Waals surface area contributed by atoms with E-state index in [4.69, 9.17) is 4.74 Å². The molecule has 3 N–H and O–H groups in total. The molecule has 2 aromatic carbocycles. The van der Waals surface area contributed by atoms with Crippen LogP contribution in [0.3, 0.4) is 0 Å². The Morgan fingerprint density at radius 1 is 0.867 bits per heavy atom. The van der Waals surface area contributed by atoms with Crippen molar-refractivity contribution in [3.8, 4) is 5.75 Å². The van der Waals surface area contributed by atoms with E-state index in [2.05, 4.69) is 16.2 Å². The first-order valence-corrected chi connectivity index (χ1v) is 9.97. The summed E-state index contributed by atoms with van der Waals surface area (Å²) in [5.74, 6) is -0.593. The van der Waals surface area contributed by atoms with Crippen molar-refractivity contribution >= 4 is 23.4 Å². The summed E-state index contributed by atoms with van der Waals surface area (Å²) in [5, 5.41) is 2.79. The number of ether oxygens (including phenoxy) is 1. The molecule has 7 nitrogen and oxygen atoms in total. The number of nitrogens with one attached hydrogen (secondary N) is 3. The molecule has 2 rings (SSSR count). The molecule has 0 fully saturated rings. The molecule has 160 valence electrons. The van der Waals surface area contributed by atoms with Gasteiger partial charge in [0.1, 0.15) is 5.75 Å². The number of hydrogen-bond acceptors (Lipinski definition) is 4. The molecule has 0 aliphatic heterocycles. The van der Waals surface area contributed by atoms with Crippen LogP contribution in [0, 0.1) is 20.8 Å². The van der Waals surface area contributed by atoms with Crippen molar-refractivity contribution in [3.63, 3.8) is 0 Å². The highest BCUT2D eigenvalue weighted by atomic mass is 16.5. The Morgan fingerprint density at radius 2 is 1.50 bits per heavy atom. The molecule has 0 bridgehead atoms. The van der Waals surface area contributed by atoms with E-state index in [9.17, 15) is 14.4 Å². The van der Waals surface area contributed by atoms with Crippen molar-refractivity contribution in [2.75, 3.05) is 5.32 Å². The average molecular weight is 412 g/mol. The summed E-state index contributed by atoms with van der Waals surface area (Å²) in [5.41, 5.74) is 8.57. The first-order valence-electron chi connectivity index (χ1n) is 9.97. The fraction of sp³-hybridized carbons (Fsp3) is 0.348. The van der Waals surface area contributed by atoms with Gasteiger partial charge in [-0.05, 0) is 51.0 Å². The highest BCUT2D eigenvalue weighted by Crippen LogP contribution is 2.16. The van der Waals surface area contributed by atoms with E-state index in [1.807, 2.05) is 58.0 Å². The fourth-order valence-electron chi connectivity index (χ4n) is 2.77. The van der Waals surface area contributed by atoms with E-state index in [0.717, 1.165) is 22.4 Å². The van der Waals surface area contributed by atoms with E-state index >= 15 is 0 Å². The standard InChI is InChI=1S/C23H29N3O4/c1-5-20(30-18-9-6-15(2)7-10-18)23(29)26-25-22(28)13-12-21(27)24-19-11-8-16(3)14-17(19)4/h6-11,14,20H,5,12-13H2,1-4H3,(H,24,27)(H,25,28)(H,26,29)/t20-/m1/s1. The summed E-state index contributed by atoms with van der Waals surface area (Å²) in [6.07, 6.45) is -0.340. The van der Waals surface area contributed by atoms with Gasteiger partial charge in [0.2, 0.25) is 11.8 Å². The molecule has 0 saturated heterocycles. The van der Waals surface area contributed by atoms with Crippen LogP contribution in [-0.4, -0.2) is 23.8 Å². The molecular formula is C23H29N3O4. The molecule has 0 aromatic heterocycles. The van der Waals surface area contributed by atoms with Crippen molar-refractivity contribution in [2.24, 2.45) is 0 Å². The fourth-order valence-corrected chi connectivity index (χ4v) is 2.77. The zero-order valence-corrected chi connectivity index (χ0v) is 17.9. The second-order valence-electron chi connectivity index (χ2n) is 7.23. The maximum atomic E-state index is 12.3. The van der Waals surface area contributed by atoms with Crippen LogP contribution in [0.25, 0.3) is 0 Å². The number of benzene rings is 2. The normalized spacial score (nSPS) is 11.3. The van der Waals surface area contributed by atoms with Gasteiger partial charge in [-0.2, -0.15) is 0 Å². The van der Waals surface area contributed by atoms with E-state index in [1.54, 1.807) is 12.1 Å². The number of carbonyl (C=O) groups is 3. The van der Waals surface area contributed by atoms with E-state index < -0.39 is 17.9 Å². The number of amides is 3. The summed E-state index contributed by atoms with van der Waals surface area (Å²) < 4.78 is 5.67. The Bertz CT molecular complexity index is 894. The van der Waals surface area contributed by atoms with Gasteiger partial charge in [0.05, 0.1) is 0 Å². The van der Waals surface area contributed by atoms with Gasteiger partial charge in [-0.1, -0.05) is 42.3 Å². The first-order chi connectivity index (χ1) is 14.3. The second kappa shape index (κ2) is 11.0. The molecule has 0 aliphatic carbocycles. The van der Waals surface area contributed by atoms with Gasteiger partial charge in [-0.25, -0.2) is 0 Å². The Morgan fingerprint density at radius 3 is 2.13 bits per heavy atom. The molecule has 0 aliphatic rings. The Labute approximate surface area is 177 Å². The largest absolute Gasteiger partial charge is 0.481 e. The van der Waals surface area contributed by atoms with Gasteiger partial charge < -0.3 is 10.1 Å². The molecular weight excluding hydrogens is 382 g/mol. The van der Waals surface area contributed by atoms with Crippen LogP contribution < -0.4 is 20.9 Å². The number of aryl methyl sites for hydroxylation is 3. The lowest BCUT2D eigenvalue weighted by molar-refractivity contribution is -0.133. The van der Waals surface area contributed by atoms with E-state index in [-0.39, 0.29) is 18.7 Å². The molecule has 0 spiro atoms. The highest BCUT2D eigenvalue weighted by Gasteiger charge is 2.19. The lowest BCUT2D eigenvalue weighted by Gasteiger charge is -2.17. The Hall–Kier alpha value is -3.35. The van der Waals surface area contributed by atoms with Crippen LogP contribution in [-0.2, 0) is 14.4 Å². The van der Waals surface area contributed by atoms with Crippen molar-refractivity contribution in [1.82, 2.24) is 10.9 Å². The van der Waals surface area contributed by atoms with Gasteiger partial charge in [-0.3, -0.25) is 25.2 Å². The van der Waals surface area contributed by atoms with Gasteiger partial charge in [0.25, 0.3) is 5.91 Å². The van der Waals surface area contributed by atoms with Crippen LogP contribution in [0.4, 0.5) is 5.69 Å². The lowest BCUT2D eigenvalue weighted by Crippen LogP contribution is -2.48. The topological polar surface area (TPSA) is 96.5 Å². The minimum absolute atomic E-state index is 0.00604. The molecule has 0 unspecified atom stereocenters. The summed E-state index contributed by atoms with van der Waals surface area (Å²) in [7, 11) is 0. The third kappa shape index (κ3) is 7.24. The van der Waals surface area contributed by atoms with Crippen molar-refractivity contribution in [2.45, 2.75) is 53.1 Å². The summed E-state index contributed by atoms with van der Waals surface area (Å²) in [6, 6.07) is 13.1. The summed E-state index contributed by atoms with van der Waals surface area (Å²) >= 11 is 0. The molecule has 2 aromatic rings. The van der Waals surface area contributed by atoms with Crippen molar-refractivity contribution < 1.29 is 19.1 Å². The monoisotopic (exact) mass is 411 g/mol. The Balaban J connectivity index is 1.75. The number of rotatable bonds is 8. The molecule has 7 heteroatoms. The van der Waals surface area contributed by atoms with Crippen molar-refractivity contribution in [1.29, 1.82) is 0 Å². The third-order valence-electron chi connectivity index (χ3n) is 4.52. The van der Waals surface area contributed by atoms with Crippen LogP contribution in [0.1, 0.15) is 42.9 Å². The minimum atomic E-state index is -0.735. The highest BCUT2D eigenvalue weighted by molar-refractivity contribution is 5.94. The molecule has 3 amide bonds. The number of hydrogen-bond donors (Lipinski definition) is 3. The predicted molar refractivity (Wildman–Crippen MR) is 116 cm³/mol. The summed E-state index contributed by atoms with van der Waals surface area (Å²) in [4.78, 5) is 36.3. The maximum absolute atomic E-state index is 12.3. The second-order valence-corrected chi connectivity index (χ2v) is 7.23. The van der Waals surface area contributed by atoms with Gasteiger partial charge in [0.15, 0.2) is 6.10 Å². The van der Waals surface area contributed by atoms with Crippen LogP contribution in [0.15, 0.2) is 42.5 Å². The Kier molecular flexibility index (Phi) is 8.41. The summed E-state index contributed by atoms with van der Waals surface area (Å²) in [6.45, 7) is 7.67. The van der Waals surface area contributed by atoms with E-state index in [0.29, 0.717) is 12.2 Å². The van der Waals surface area contributed by atoms with E-state index in [1.165, 1.54) is 0 Å². The average Bonchev–Trinajstić information content (AvgIpc) is 2.72. The van der Waals surface area contributed by atoms with Gasteiger partial charge >= 0.3 is 0 Å². The predicted octanol–water partition coefficient (Wildman–Crippen LogP) is 3.34. The quantitative estimate of drug-likeness (QED) is 0.581. The zero-order valence-electron chi connectivity index (χ0n) is 17.9. The minimum Gasteiger partial charge on any atom is -0.481 e. The third-order valence-corrected chi connectivity index (χ3v) is 4.52. The first kappa shape index (κ1) is 22.9. The van der Waals surface area contributed by atoms with Crippen LogP contribution in [0.2, 0.25) is 0 Å². The van der Waals surface area contributed by atoms with Gasteiger partial charge in [0, 0.05) is 18.5 Å². The molecule has 1 atom stereocenters. The smallest absolute Gasteiger partial charge is 0.279 e. The SMILES string of the molecule is CC[C@@H](Oc1ccc(C)cc1)C(=O)NNC(=O)CCC(=O)Nc1ccc(C)cc1C. The molecule has 0 saturated carbocycles.